The van der Waals surface area contributed by atoms with Crippen LogP contribution in [0.5, 0.6) is 0 Å². The summed E-state index contributed by atoms with van der Waals surface area (Å²) >= 11 is -0.822. The van der Waals surface area contributed by atoms with Crippen LogP contribution in [-0.4, -0.2) is 42.8 Å². The number of rotatable bonds is 6. The third kappa shape index (κ3) is 6.88. The van der Waals surface area contributed by atoms with E-state index in [1.807, 2.05) is 6.26 Å². The third-order valence-corrected chi connectivity index (χ3v) is 12.2. The zero-order chi connectivity index (χ0) is 18.6. The average molecular weight is 471 g/mol. The summed E-state index contributed by atoms with van der Waals surface area (Å²) in [6, 6.07) is 32.9. The first kappa shape index (κ1) is 20.6. The van der Waals surface area contributed by atoms with Crippen molar-refractivity contribution in [2.75, 3.05) is 12.0 Å². The Morgan fingerprint density at radius 3 is 1.35 bits per heavy atom. The van der Waals surface area contributed by atoms with E-state index < -0.39 is 25.7 Å². The fourth-order valence-electron chi connectivity index (χ4n) is 2.52. The summed E-state index contributed by atoms with van der Waals surface area (Å²) in [7, 11) is 0. The summed E-state index contributed by atoms with van der Waals surface area (Å²) in [5.41, 5.74) is 0. The van der Waals surface area contributed by atoms with Crippen molar-refractivity contribution in [1.82, 2.24) is 0 Å². The summed E-state index contributed by atoms with van der Waals surface area (Å²) in [4.78, 5) is 9.75. The molecular formula is C22H24O2SSn+. The first-order valence-electron chi connectivity index (χ1n) is 8.53. The second-order valence-electron chi connectivity index (χ2n) is 5.66. The van der Waals surface area contributed by atoms with Gasteiger partial charge in [0.05, 0.1) is 12.7 Å². The Balaban J connectivity index is 0.000000298. The van der Waals surface area contributed by atoms with Gasteiger partial charge in [0.25, 0.3) is 0 Å². The Hall–Kier alpha value is -1.72. The number of hydrogen-bond donors (Lipinski definition) is 1. The van der Waals surface area contributed by atoms with Crippen LogP contribution in [0.25, 0.3) is 0 Å². The van der Waals surface area contributed by atoms with Gasteiger partial charge in [-0.25, -0.2) is 0 Å². The molecule has 3 rings (SSSR count). The van der Waals surface area contributed by atoms with Crippen molar-refractivity contribution in [3.63, 3.8) is 0 Å². The summed E-state index contributed by atoms with van der Waals surface area (Å²) in [6.07, 6.45) is 2.25. The van der Waals surface area contributed by atoms with Gasteiger partial charge in [0.1, 0.15) is 5.75 Å². The number of hydrogen-bond acceptors (Lipinski definition) is 1. The molecule has 26 heavy (non-hydrogen) atoms. The van der Waals surface area contributed by atoms with Gasteiger partial charge in [-0.1, -0.05) is 0 Å². The average Bonchev–Trinajstić information content (AvgIpc) is 2.70. The Morgan fingerprint density at radius 1 is 0.769 bits per heavy atom. The molecule has 0 aromatic heterocycles. The Kier molecular flexibility index (Phi) is 9.35. The van der Waals surface area contributed by atoms with E-state index in [1.54, 1.807) is 0 Å². The molecule has 0 saturated heterocycles. The van der Waals surface area contributed by atoms with Crippen LogP contribution in [0.2, 0.25) is 0 Å². The monoisotopic (exact) mass is 472 g/mol. The summed E-state index contributed by atoms with van der Waals surface area (Å²) in [5, 5.41) is 8.04. The maximum atomic E-state index is 9.75. The van der Waals surface area contributed by atoms with Crippen molar-refractivity contribution in [1.29, 1.82) is 0 Å². The molecule has 4 heteroatoms. The summed E-state index contributed by atoms with van der Waals surface area (Å²) < 4.78 is 4.59. The van der Waals surface area contributed by atoms with Crippen molar-refractivity contribution in [2.24, 2.45) is 0 Å². The normalized spacial score (nSPS) is 10.1. The fourth-order valence-corrected chi connectivity index (χ4v) is 10.3. The van der Waals surface area contributed by atoms with E-state index in [0.29, 0.717) is 6.42 Å². The molecule has 133 valence electrons. The van der Waals surface area contributed by atoms with Crippen LogP contribution in [0.3, 0.4) is 0 Å². The van der Waals surface area contributed by atoms with Gasteiger partial charge in [-0.2, -0.15) is 0 Å². The Labute approximate surface area is 167 Å². The molecule has 1 N–H and O–H groups in total. The predicted octanol–water partition coefficient (Wildman–Crippen LogP) is 2.11. The number of carboxylic acid groups (broad SMARTS) is 1. The van der Waals surface area contributed by atoms with Crippen LogP contribution in [0.4, 0.5) is 0 Å². The van der Waals surface area contributed by atoms with Gasteiger partial charge in [-0.05, 0) is 11.8 Å². The number of benzene rings is 3. The van der Waals surface area contributed by atoms with Crippen molar-refractivity contribution in [3.05, 3.63) is 91.0 Å². The third-order valence-electron chi connectivity index (χ3n) is 3.74. The van der Waals surface area contributed by atoms with Crippen molar-refractivity contribution >= 4 is 48.2 Å². The Morgan fingerprint density at radius 2 is 1.12 bits per heavy atom. The van der Waals surface area contributed by atoms with E-state index in [1.165, 1.54) is 10.7 Å². The standard InChI is InChI=1S/3C6H5.C4H8O2S.Sn/c3*1-2-4-6-5-3-1;1-7-3-2-4(5)6;/h3*1-5H;2-3H2,1H3,(H,5,6);/p+1. The van der Waals surface area contributed by atoms with Gasteiger partial charge < -0.3 is 5.11 Å². The van der Waals surface area contributed by atoms with E-state index >= 15 is 0 Å². The second-order valence-corrected chi connectivity index (χ2v) is 13.8. The number of carboxylic acids is 1. The molecule has 0 aliphatic heterocycles. The molecule has 3 aromatic rings. The van der Waals surface area contributed by atoms with Crippen LogP contribution < -0.4 is 10.7 Å². The van der Waals surface area contributed by atoms with Gasteiger partial charge in [-0.3, -0.25) is 4.79 Å². The first-order valence-corrected chi connectivity index (χ1v) is 14.3. The molecule has 0 aliphatic rings. The van der Waals surface area contributed by atoms with Gasteiger partial charge in [0, 0.05) is 0 Å². The topological polar surface area (TPSA) is 37.3 Å². The van der Waals surface area contributed by atoms with Gasteiger partial charge in [-0.15, -0.1) is 0 Å². The minimum atomic E-state index is -1.98. The van der Waals surface area contributed by atoms with E-state index in [4.69, 9.17) is 5.11 Å². The SMILES string of the molecule is C[SH+]CCC(=O)O.c1cc[c]([Sn]([c]2ccccc2)[c]2ccccc2)cc1. The van der Waals surface area contributed by atoms with Crippen LogP contribution in [-0.2, 0) is 16.6 Å². The summed E-state index contributed by atoms with van der Waals surface area (Å²) in [5.74, 6) is 0.0735. The van der Waals surface area contributed by atoms with E-state index in [-0.39, 0.29) is 0 Å². The molecule has 0 spiro atoms. The first-order chi connectivity index (χ1) is 12.7. The molecule has 2 nitrogen and oxygen atoms in total. The quantitative estimate of drug-likeness (QED) is 0.340. The fraction of sp³-hybridized carbons (Fsp3) is 0.136. The zero-order valence-electron chi connectivity index (χ0n) is 14.9. The van der Waals surface area contributed by atoms with E-state index in [0.717, 1.165) is 17.5 Å². The molecule has 3 aromatic carbocycles. The van der Waals surface area contributed by atoms with Crippen LogP contribution in [0.1, 0.15) is 6.42 Å². The van der Waals surface area contributed by atoms with Crippen molar-refractivity contribution in [3.8, 4) is 0 Å². The van der Waals surface area contributed by atoms with Gasteiger partial charge >= 0.3 is 127 Å². The second kappa shape index (κ2) is 11.8. The maximum absolute atomic E-state index is 9.75. The van der Waals surface area contributed by atoms with E-state index in [2.05, 4.69) is 91.0 Å². The van der Waals surface area contributed by atoms with Gasteiger partial charge in [0.15, 0.2) is 0 Å². The number of carbonyl (C=O) groups is 1. The van der Waals surface area contributed by atoms with Crippen LogP contribution in [0, 0.1) is 0 Å². The molecule has 0 unspecified atom stereocenters. The van der Waals surface area contributed by atoms with Crippen LogP contribution in [0.15, 0.2) is 91.0 Å². The van der Waals surface area contributed by atoms with Crippen LogP contribution >= 0.6 is 0 Å². The van der Waals surface area contributed by atoms with Gasteiger partial charge in [0.2, 0.25) is 0 Å². The molecule has 0 heterocycles. The molecule has 0 aliphatic carbocycles. The predicted molar refractivity (Wildman–Crippen MR) is 116 cm³/mol. The molecular weight excluding hydrogens is 447 g/mol. The molecule has 0 amide bonds. The molecule has 1 radical (unpaired) electrons. The Bertz CT molecular complexity index is 670. The molecule has 0 bridgehead atoms. The molecule has 0 fully saturated rings. The summed E-state index contributed by atoms with van der Waals surface area (Å²) in [6.45, 7) is 0. The molecule has 0 atom stereocenters. The molecule has 0 saturated carbocycles. The number of aliphatic carboxylic acids is 1. The minimum absolute atomic E-state index is 0.304. The van der Waals surface area contributed by atoms with E-state index in [9.17, 15) is 4.79 Å². The number of thiol groups is 1. The van der Waals surface area contributed by atoms with Crippen molar-refractivity contribution < 1.29 is 9.90 Å². The van der Waals surface area contributed by atoms with Crippen molar-refractivity contribution in [2.45, 2.75) is 6.42 Å². The zero-order valence-corrected chi connectivity index (χ0v) is 18.6.